The molecule has 1 heterocycles. The zero-order valence-corrected chi connectivity index (χ0v) is 11.8. The fraction of sp³-hybridized carbons (Fsp3) is 1.00. The standard InChI is InChI=1S/C9H18IO3P/c1-3-5-6-9(4-2)7-12-14(10,11)13-8-9/h3-8H2,1-2H3. The van der Waals surface area contributed by atoms with Crippen LogP contribution in [0, 0.1) is 5.41 Å². The first kappa shape index (κ1) is 12.9. The van der Waals surface area contributed by atoms with Crippen LogP contribution >= 0.6 is 27.3 Å². The molecule has 0 aromatic carbocycles. The van der Waals surface area contributed by atoms with Gasteiger partial charge in [0.15, 0.2) is 0 Å². The van der Waals surface area contributed by atoms with Crippen LogP contribution in [0.2, 0.25) is 0 Å². The van der Waals surface area contributed by atoms with Gasteiger partial charge in [0.2, 0.25) is 0 Å². The van der Waals surface area contributed by atoms with Crippen LogP contribution in [0.3, 0.4) is 0 Å². The Hall–Kier alpha value is 0.880. The maximum atomic E-state index is 11.5. The monoisotopic (exact) mass is 332 g/mol. The molecule has 0 N–H and O–H groups in total. The van der Waals surface area contributed by atoms with Crippen LogP contribution in [-0.2, 0) is 13.6 Å². The predicted octanol–water partition coefficient (Wildman–Crippen LogP) is 4.16. The van der Waals surface area contributed by atoms with Gasteiger partial charge in [-0.25, -0.2) is 4.57 Å². The predicted molar refractivity (Wildman–Crippen MR) is 65.8 cm³/mol. The van der Waals surface area contributed by atoms with Crippen LogP contribution in [0.15, 0.2) is 0 Å². The third kappa shape index (κ3) is 3.47. The fourth-order valence-corrected chi connectivity index (χ4v) is 3.35. The highest BCUT2D eigenvalue weighted by molar-refractivity contribution is 14.2. The van der Waals surface area contributed by atoms with E-state index < -0.39 is 5.24 Å². The molecule has 0 unspecified atom stereocenters. The van der Waals surface area contributed by atoms with Crippen LogP contribution in [0.1, 0.15) is 39.5 Å². The molecule has 0 bridgehead atoms. The summed E-state index contributed by atoms with van der Waals surface area (Å²) in [5.74, 6) is 0. The Morgan fingerprint density at radius 1 is 1.36 bits per heavy atom. The van der Waals surface area contributed by atoms with Crippen LogP contribution in [0.25, 0.3) is 0 Å². The second-order valence-corrected chi connectivity index (χ2v) is 8.86. The zero-order chi connectivity index (χ0) is 10.7. The Kier molecular flexibility index (Phi) is 4.88. The van der Waals surface area contributed by atoms with Crippen molar-refractivity contribution in [2.75, 3.05) is 13.2 Å². The molecule has 1 saturated heterocycles. The van der Waals surface area contributed by atoms with Gasteiger partial charge >= 0.3 is 5.24 Å². The quantitative estimate of drug-likeness (QED) is 0.573. The highest BCUT2D eigenvalue weighted by Gasteiger charge is 2.39. The molecule has 0 amide bonds. The molecule has 0 radical (unpaired) electrons. The molecule has 14 heavy (non-hydrogen) atoms. The Morgan fingerprint density at radius 2 is 1.93 bits per heavy atom. The molecular weight excluding hydrogens is 314 g/mol. The van der Waals surface area contributed by atoms with Crippen molar-refractivity contribution >= 4 is 27.3 Å². The van der Waals surface area contributed by atoms with Crippen molar-refractivity contribution in [2.24, 2.45) is 5.41 Å². The lowest BCUT2D eigenvalue weighted by Crippen LogP contribution is -2.34. The SMILES string of the molecule is CCCCC1(CC)COP(=O)(I)OC1. The van der Waals surface area contributed by atoms with E-state index in [-0.39, 0.29) is 5.41 Å². The molecule has 5 heteroatoms. The van der Waals surface area contributed by atoms with Gasteiger partial charge in [-0.2, -0.15) is 0 Å². The van der Waals surface area contributed by atoms with Crippen molar-refractivity contribution in [3.05, 3.63) is 0 Å². The molecule has 0 aromatic heterocycles. The second-order valence-electron chi connectivity index (χ2n) is 3.93. The van der Waals surface area contributed by atoms with E-state index in [0.29, 0.717) is 13.2 Å². The van der Waals surface area contributed by atoms with Gasteiger partial charge in [0.25, 0.3) is 0 Å². The van der Waals surface area contributed by atoms with E-state index in [9.17, 15) is 4.57 Å². The van der Waals surface area contributed by atoms with Crippen molar-refractivity contribution in [1.82, 2.24) is 0 Å². The van der Waals surface area contributed by atoms with Crippen LogP contribution in [0.4, 0.5) is 0 Å². The van der Waals surface area contributed by atoms with E-state index in [4.69, 9.17) is 9.05 Å². The van der Waals surface area contributed by atoms with Gasteiger partial charge in [-0.05, 0) is 12.8 Å². The third-order valence-electron chi connectivity index (χ3n) is 2.86. The first-order valence-electron chi connectivity index (χ1n) is 5.12. The summed E-state index contributed by atoms with van der Waals surface area (Å²) in [6, 6.07) is 0. The average Bonchev–Trinajstić information content (AvgIpc) is 2.18. The first-order valence-corrected chi connectivity index (χ1v) is 9.45. The molecule has 0 spiro atoms. The largest absolute Gasteiger partial charge is 0.388 e. The number of rotatable bonds is 4. The summed E-state index contributed by atoms with van der Waals surface area (Å²) >= 11 is 1.77. The van der Waals surface area contributed by atoms with E-state index in [0.717, 1.165) is 12.8 Å². The summed E-state index contributed by atoms with van der Waals surface area (Å²) in [6.45, 7) is 5.50. The molecule has 84 valence electrons. The Labute approximate surface area is 98.9 Å². The highest BCUT2D eigenvalue weighted by Crippen LogP contribution is 2.61. The third-order valence-corrected chi connectivity index (χ3v) is 5.41. The highest BCUT2D eigenvalue weighted by atomic mass is 127. The van der Waals surface area contributed by atoms with Gasteiger partial charge < -0.3 is 9.05 Å². The van der Waals surface area contributed by atoms with E-state index >= 15 is 0 Å². The molecular formula is C9H18IO3P. The average molecular weight is 332 g/mol. The van der Waals surface area contributed by atoms with E-state index in [1.54, 1.807) is 22.0 Å². The molecule has 1 aliphatic heterocycles. The first-order chi connectivity index (χ1) is 6.54. The number of hydrogen-bond donors (Lipinski definition) is 0. The van der Waals surface area contributed by atoms with Crippen molar-refractivity contribution in [3.8, 4) is 0 Å². The lowest BCUT2D eigenvalue weighted by Gasteiger charge is -2.37. The second kappa shape index (κ2) is 5.28. The maximum Gasteiger partial charge on any atom is 0.388 e. The molecule has 1 rings (SSSR count). The summed E-state index contributed by atoms with van der Waals surface area (Å²) in [5, 5.41) is -2.74. The molecule has 1 aliphatic rings. The minimum atomic E-state index is -2.74. The number of hydrogen-bond acceptors (Lipinski definition) is 3. The van der Waals surface area contributed by atoms with Gasteiger partial charge in [0, 0.05) is 5.41 Å². The van der Waals surface area contributed by atoms with Crippen molar-refractivity contribution < 1.29 is 13.6 Å². The summed E-state index contributed by atoms with van der Waals surface area (Å²) in [6.07, 6.45) is 4.51. The van der Waals surface area contributed by atoms with Crippen molar-refractivity contribution in [1.29, 1.82) is 0 Å². The molecule has 0 atom stereocenters. The lowest BCUT2D eigenvalue weighted by atomic mass is 9.82. The van der Waals surface area contributed by atoms with Gasteiger partial charge in [-0.15, -0.1) is 0 Å². The van der Waals surface area contributed by atoms with E-state index in [1.807, 2.05) is 0 Å². The Bertz CT molecular complexity index is 220. The molecule has 0 saturated carbocycles. The smallest absolute Gasteiger partial charge is 0.301 e. The number of halogens is 1. The van der Waals surface area contributed by atoms with Crippen molar-refractivity contribution in [3.63, 3.8) is 0 Å². The number of unbranched alkanes of at least 4 members (excludes halogenated alkanes) is 1. The van der Waals surface area contributed by atoms with Crippen LogP contribution in [0.5, 0.6) is 0 Å². The van der Waals surface area contributed by atoms with E-state index in [2.05, 4.69) is 13.8 Å². The van der Waals surface area contributed by atoms with Gasteiger partial charge in [-0.1, -0.05) is 26.7 Å². The Morgan fingerprint density at radius 3 is 2.36 bits per heavy atom. The summed E-state index contributed by atoms with van der Waals surface area (Å²) in [4.78, 5) is 0. The molecule has 1 fully saturated rings. The molecule has 3 nitrogen and oxygen atoms in total. The molecule has 0 aromatic rings. The fourth-order valence-electron chi connectivity index (χ4n) is 1.58. The lowest BCUT2D eigenvalue weighted by molar-refractivity contribution is 0.0155. The topological polar surface area (TPSA) is 35.5 Å². The minimum Gasteiger partial charge on any atom is -0.301 e. The normalized spacial score (nSPS) is 38.5. The maximum absolute atomic E-state index is 11.5. The van der Waals surface area contributed by atoms with E-state index in [1.165, 1.54) is 12.8 Å². The summed E-state index contributed by atoms with van der Waals surface area (Å²) < 4.78 is 22.0. The van der Waals surface area contributed by atoms with Crippen LogP contribution < -0.4 is 0 Å². The zero-order valence-electron chi connectivity index (χ0n) is 8.79. The van der Waals surface area contributed by atoms with Gasteiger partial charge in [0.1, 0.15) is 0 Å². The summed E-state index contributed by atoms with van der Waals surface area (Å²) in [7, 11) is 0. The van der Waals surface area contributed by atoms with Gasteiger partial charge in [0.05, 0.1) is 35.3 Å². The Balaban J connectivity index is 2.52. The molecule has 0 aliphatic carbocycles. The minimum absolute atomic E-state index is 0.106. The van der Waals surface area contributed by atoms with Crippen LogP contribution in [-0.4, -0.2) is 13.2 Å². The summed E-state index contributed by atoms with van der Waals surface area (Å²) in [5.41, 5.74) is 0.106. The van der Waals surface area contributed by atoms with Gasteiger partial charge in [-0.3, -0.25) is 0 Å². The van der Waals surface area contributed by atoms with Crippen molar-refractivity contribution in [2.45, 2.75) is 39.5 Å².